The van der Waals surface area contributed by atoms with Crippen LogP contribution in [0.25, 0.3) is 0 Å². The van der Waals surface area contributed by atoms with E-state index in [2.05, 4.69) is 22.1 Å². The zero-order valence-electron chi connectivity index (χ0n) is 12.3. The number of imide groups is 1. The van der Waals surface area contributed by atoms with Crippen LogP contribution in [0.4, 0.5) is 5.82 Å². The Morgan fingerprint density at radius 3 is 2.57 bits per heavy atom. The minimum Gasteiger partial charge on any atom is -0.357 e. The average Bonchev–Trinajstić information content (AvgIpc) is 2.48. The van der Waals surface area contributed by atoms with E-state index >= 15 is 0 Å². The molecule has 1 atom stereocenters. The first-order chi connectivity index (χ1) is 10.1. The summed E-state index contributed by atoms with van der Waals surface area (Å²) in [6, 6.07) is 3.97. The van der Waals surface area contributed by atoms with Gasteiger partial charge in [-0.2, -0.15) is 0 Å². The molecule has 3 rings (SSSR count). The van der Waals surface area contributed by atoms with Gasteiger partial charge in [0.05, 0.1) is 5.92 Å². The molecule has 0 bridgehead atoms. The zero-order valence-corrected chi connectivity index (χ0v) is 12.3. The Morgan fingerprint density at radius 2 is 1.95 bits per heavy atom. The molecule has 21 heavy (non-hydrogen) atoms. The molecule has 112 valence electrons. The fraction of sp³-hybridized carbons (Fsp3) is 0.562. The third-order valence-corrected chi connectivity index (χ3v) is 4.52. The summed E-state index contributed by atoms with van der Waals surface area (Å²) in [6.07, 6.45) is 5.18. The summed E-state index contributed by atoms with van der Waals surface area (Å²) in [5.41, 5.74) is 0.897. The number of pyridine rings is 1. The van der Waals surface area contributed by atoms with Gasteiger partial charge >= 0.3 is 0 Å². The van der Waals surface area contributed by atoms with Crippen molar-refractivity contribution < 1.29 is 9.59 Å². The number of hydrogen-bond acceptors (Lipinski definition) is 4. The predicted molar refractivity (Wildman–Crippen MR) is 80.0 cm³/mol. The normalized spacial score (nSPS) is 24.0. The first-order valence-electron chi connectivity index (χ1n) is 7.68. The maximum absolute atomic E-state index is 11.9. The van der Waals surface area contributed by atoms with Crippen LogP contribution in [0.3, 0.4) is 0 Å². The number of nitrogens with zero attached hydrogens (tertiary/aromatic N) is 2. The van der Waals surface area contributed by atoms with Crippen molar-refractivity contribution in [3.8, 4) is 0 Å². The maximum Gasteiger partial charge on any atom is 0.234 e. The predicted octanol–water partition coefficient (Wildman–Crippen LogP) is 1.84. The van der Waals surface area contributed by atoms with Crippen LogP contribution >= 0.6 is 0 Å². The first kappa shape index (κ1) is 14.0. The van der Waals surface area contributed by atoms with Crippen LogP contribution in [0.15, 0.2) is 18.3 Å². The van der Waals surface area contributed by atoms with Gasteiger partial charge in [-0.3, -0.25) is 14.9 Å². The van der Waals surface area contributed by atoms with E-state index in [1.165, 1.54) is 12.8 Å². The van der Waals surface area contributed by atoms with Gasteiger partial charge in [-0.05, 0) is 36.8 Å². The summed E-state index contributed by atoms with van der Waals surface area (Å²) in [4.78, 5) is 29.9. The van der Waals surface area contributed by atoms with E-state index in [4.69, 9.17) is 0 Å². The molecular formula is C16H21N3O2. The Balaban J connectivity index is 1.69. The maximum atomic E-state index is 11.9. The lowest BCUT2D eigenvalue weighted by atomic mass is 9.91. The molecule has 1 unspecified atom stereocenters. The molecule has 5 heteroatoms. The van der Waals surface area contributed by atoms with Crippen LogP contribution in [-0.2, 0) is 9.59 Å². The Morgan fingerprint density at radius 1 is 1.19 bits per heavy atom. The molecular weight excluding hydrogens is 266 g/mol. The lowest BCUT2D eigenvalue weighted by Gasteiger charge is -2.31. The lowest BCUT2D eigenvalue weighted by molar-refractivity contribution is -0.134. The van der Waals surface area contributed by atoms with Crippen molar-refractivity contribution in [2.45, 2.75) is 38.5 Å². The van der Waals surface area contributed by atoms with Gasteiger partial charge in [0.2, 0.25) is 11.8 Å². The Labute approximate surface area is 124 Å². The molecule has 0 saturated carbocycles. The third-order valence-electron chi connectivity index (χ3n) is 4.52. The summed E-state index contributed by atoms with van der Waals surface area (Å²) in [7, 11) is 0. The molecule has 2 aliphatic heterocycles. The molecule has 5 nitrogen and oxygen atoms in total. The Bertz CT molecular complexity index is 533. The van der Waals surface area contributed by atoms with Crippen molar-refractivity contribution in [3.05, 3.63) is 23.9 Å². The SMILES string of the molecule is CC1CCN(c2ccc(C3CCC(=O)NC3=O)cn2)CC1. The molecule has 0 radical (unpaired) electrons. The number of anilines is 1. The number of amides is 2. The molecule has 0 aromatic carbocycles. The molecule has 3 heterocycles. The van der Waals surface area contributed by atoms with Crippen LogP contribution in [0.2, 0.25) is 0 Å². The summed E-state index contributed by atoms with van der Waals surface area (Å²) >= 11 is 0. The summed E-state index contributed by atoms with van der Waals surface area (Å²) < 4.78 is 0. The average molecular weight is 287 g/mol. The van der Waals surface area contributed by atoms with Crippen LogP contribution in [0, 0.1) is 5.92 Å². The number of piperidine rings is 2. The second-order valence-electron chi connectivity index (χ2n) is 6.12. The molecule has 2 aliphatic rings. The number of nitrogens with one attached hydrogen (secondary N) is 1. The van der Waals surface area contributed by atoms with Crippen molar-refractivity contribution >= 4 is 17.6 Å². The van der Waals surface area contributed by atoms with Crippen LogP contribution in [0.5, 0.6) is 0 Å². The number of hydrogen-bond donors (Lipinski definition) is 1. The molecule has 2 amide bonds. The minimum absolute atomic E-state index is 0.178. The molecule has 0 aliphatic carbocycles. The molecule has 1 aromatic heterocycles. The van der Waals surface area contributed by atoms with Gasteiger partial charge < -0.3 is 4.90 Å². The molecule has 1 aromatic rings. The van der Waals surface area contributed by atoms with Gasteiger partial charge in [0.15, 0.2) is 0 Å². The van der Waals surface area contributed by atoms with Crippen molar-refractivity contribution in [2.24, 2.45) is 5.92 Å². The number of aromatic nitrogens is 1. The van der Waals surface area contributed by atoms with E-state index in [0.717, 1.165) is 30.4 Å². The van der Waals surface area contributed by atoms with E-state index < -0.39 is 0 Å². The Hall–Kier alpha value is -1.91. The standard InChI is InChI=1S/C16H21N3O2/c1-11-6-8-19(9-7-11)14-4-2-12(10-17-14)13-3-5-15(20)18-16(13)21/h2,4,10-11,13H,3,5-9H2,1H3,(H,18,20,21). The van der Waals surface area contributed by atoms with Crippen molar-refractivity contribution in [1.82, 2.24) is 10.3 Å². The Kier molecular flexibility index (Phi) is 3.90. The van der Waals surface area contributed by atoms with Crippen LogP contribution in [-0.4, -0.2) is 29.9 Å². The first-order valence-corrected chi connectivity index (χ1v) is 7.68. The molecule has 2 fully saturated rings. The van der Waals surface area contributed by atoms with Crippen LogP contribution < -0.4 is 10.2 Å². The zero-order chi connectivity index (χ0) is 14.8. The lowest BCUT2D eigenvalue weighted by Crippen LogP contribution is -2.39. The quantitative estimate of drug-likeness (QED) is 0.843. The summed E-state index contributed by atoms with van der Waals surface area (Å²) in [5, 5.41) is 2.39. The van der Waals surface area contributed by atoms with E-state index in [1.54, 1.807) is 6.20 Å². The van der Waals surface area contributed by atoms with Crippen molar-refractivity contribution in [2.75, 3.05) is 18.0 Å². The van der Waals surface area contributed by atoms with E-state index in [0.29, 0.717) is 12.8 Å². The van der Waals surface area contributed by atoms with Gasteiger partial charge in [-0.1, -0.05) is 13.0 Å². The molecule has 2 saturated heterocycles. The second-order valence-corrected chi connectivity index (χ2v) is 6.12. The van der Waals surface area contributed by atoms with Gasteiger partial charge in [0.1, 0.15) is 5.82 Å². The van der Waals surface area contributed by atoms with Crippen molar-refractivity contribution in [1.29, 1.82) is 0 Å². The number of carbonyl (C=O) groups is 2. The van der Waals surface area contributed by atoms with E-state index in [9.17, 15) is 9.59 Å². The molecule has 0 spiro atoms. The van der Waals surface area contributed by atoms with Crippen molar-refractivity contribution in [3.63, 3.8) is 0 Å². The highest BCUT2D eigenvalue weighted by Gasteiger charge is 2.28. The highest BCUT2D eigenvalue weighted by molar-refractivity contribution is 6.00. The van der Waals surface area contributed by atoms with Gasteiger partial charge in [0.25, 0.3) is 0 Å². The largest absolute Gasteiger partial charge is 0.357 e. The minimum atomic E-state index is -0.245. The second kappa shape index (κ2) is 5.84. The smallest absolute Gasteiger partial charge is 0.234 e. The topological polar surface area (TPSA) is 62.3 Å². The highest BCUT2D eigenvalue weighted by Crippen LogP contribution is 2.26. The van der Waals surface area contributed by atoms with E-state index in [1.807, 2.05) is 12.1 Å². The fourth-order valence-electron chi connectivity index (χ4n) is 3.04. The third kappa shape index (κ3) is 3.06. The van der Waals surface area contributed by atoms with Crippen LogP contribution in [0.1, 0.15) is 44.1 Å². The van der Waals surface area contributed by atoms with E-state index in [-0.39, 0.29) is 17.7 Å². The van der Waals surface area contributed by atoms with Gasteiger partial charge in [-0.25, -0.2) is 4.98 Å². The van der Waals surface area contributed by atoms with Gasteiger partial charge in [-0.15, -0.1) is 0 Å². The number of carbonyl (C=O) groups excluding carboxylic acids is 2. The number of rotatable bonds is 2. The highest BCUT2D eigenvalue weighted by atomic mass is 16.2. The van der Waals surface area contributed by atoms with Gasteiger partial charge in [0, 0.05) is 25.7 Å². The summed E-state index contributed by atoms with van der Waals surface area (Å²) in [6.45, 7) is 4.38. The summed E-state index contributed by atoms with van der Waals surface area (Å²) in [5.74, 6) is 1.16. The molecule has 1 N–H and O–H groups in total. The fourth-order valence-corrected chi connectivity index (χ4v) is 3.04. The monoisotopic (exact) mass is 287 g/mol.